The summed E-state index contributed by atoms with van der Waals surface area (Å²) < 4.78 is 16.2. The zero-order chi connectivity index (χ0) is 17.6. The van der Waals surface area contributed by atoms with Crippen LogP contribution in [0.15, 0.2) is 18.5 Å². The number of halogens is 1. The first-order valence-electron chi connectivity index (χ1n) is 8.48. The summed E-state index contributed by atoms with van der Waals surface area (Å²) in [5.41, 5.74) is 2.35. The molecular weight excluding hydrogens is 325 g/mol. The van der Waals surface area contributed by atoms with E-state index in [-0.39, 0.29) is 18.4 Å². The molecule has 2 saturated heterocycles. The molecule has 2 aliphatic rings. The lowest BCUT2D eigenvalue weighted by atomic mass is 10.0. The molecular formula is C17H20FN5O2. The van der Waals surface area contributed by atoms with E-state index in [1.54, 1.807) is 6.20 Å². The highest BCUT2D eigenvalue weighted by Crippen LogP contribution is 2.31. The van der Waals surface area contributed by atoms with Crippen LogP contribution in [0, 0.1) is 6.92 Å². The molecule has 2 aliphatic heterocycles. The summed E-state index contributed by atoms with van der Waals surface area (Å²) in [7, 11) is 0. The number of carbonyl (C=O) groups excluding carboxylic acids is 2. The standard InChI is InChI=1S/C17H20FN5O2/c1-10-9-23(14-2-4-19-8-13(14)18)16-12(10)6-11(7-20-16)22-5-3-15(24)21-17(22)25/h6-7,9,13-14,19H,2-5,8H2,1H3,(H,21,24,25)/t13-,14-/m1/s1. The van der Waals surface area contributed by atoms with E-state index in [0.29, 0.717) is 25.2 Å². The van der Waals surface area contributed by atoms with Gasteiger partial charge in [0.25, 0.3) is 0 Å². The number of piperidine rings is 1. The van der Waals surface area contributed by atoms with Crippen molar-refractivity contribution in [3.8, 4) is 0 Å². The van der Waals surface area contributed by atoms with E-state index in [0.717, 1.165) is 23.1 Å². The van der Waals surface area contributed by atoms with E-state index in [9.17, 15) is 14.0 Å². The molecule has 2 aromatic rings. The van der Waals surface area contributed by atoms with Crippen LogP contribution in [0.1, 0.15) is 24.4 Å². The molecule has 4 rings (SSSR count). The van der Waals surface area contributed by atoms with Crippen molar-refractivity contribution in [1.29, 1.82) is 0 Å². The quantitative estimate of drug-likeness (QED) is 0.868. The topological polar surface area (TPSA) is 79.3 Å². The second kappa shape index (κ2) is 6.11. The third-order valence-corrected chi connectivity index (χ3v) is 4.95. The number of hydrogen-bond donors (Lipinski definition) is 2. The largest absolute Gasteiger partial charge is 0.328 e. The normalized spacial score (nSPS) is 24.6. The number of hydrogen-bond acceptors (Lipinski definition) is 4. The number of fused-ring (bicyclic) bond motifs is 1. The maximum Gasteiger partial charge on any atom is 0.328 e. The zero-order valence-corrected chi connectivity index (χ0v) is 14.0. The van der Waals surface area contributed by atoms with E-state index >= 15 is 0 Å². The van der Waals surface area contributed by atoms with Crippen molar-refractivity contribution < 1.29 is 14.0 Å². The number of rotatable bonds is 2. The van der Waals surface area contributed by atoms with Crippen molar-refractivity contribution >= 4 is 28.7 Å². The Morgan fingerprint density at radius 3 is 2.96 bits per heavy atom. The summed E-state index contributed by atoms with van der Waals surface area (Å²) >= 11 is 0. The molecule has 0 aliphatic carbocycles. The van der Waals surface area contributed by atoms with Gasteiger partial charge < -0.3 is 9.88 Å². The van der Waals surface area contributed by atoms with Crippen molar-refractivity contribution in [3.63, 3.8) is 0 Å². The Bertz CT molecular complexity index is 849. The molecule has 0 aromatic carbocycles. The predicted molar refractivity (Wildman–Crippen MR) is 91.4 cm³/mol. The van der Waals surface area contributed by atoms with E-state index < -0.39 is 12.2 Å². The van der Waals surface area contributed by atoms with Crippen molar-refractivity contribution in [3.05, 3.63) is 24.0 Å². The lowest BCUT2D eigenvalue weighted by molar-refractivity contribution is -0.120. The first-order chi connectivity index (χ1) is 12.0. The second-order valence-electron chi connectivity index (χ2n) is 6.62. The Labute approximate surface area is 144 Å². The van der Waals surface area contributed by atoms with Crippen LogP contribution in [0.4, 0.5) is 14.9 Å². The molecule has 7 nitrogen and oxygen atoms in total. The number of alkyl halides is 1. The van der Waals surface area contributed by atoms with Crippen LogP contribution < -0.4 is 15.5 Å². The van der Waals surface area contributed by atoms with Gasteiger partial charge in [0, 0.05) is 31.1 Å². The molecule has 2 aromatic heterocycles. The van der Waals surface area contributed by atoms with Crippen molar-refractivity contribution in [2.75, 3.05) is 24.5 Å². The van der Waals surface area contributed by atoms with Crippen molar-refractivity contribution in [2.24, 2.45) is 0 Å². The maximum atomic E-state index is 14.3. The van der Waals surface area contributed by atoms with Crippen LogP contribution in [0.3, 0.4) is 0 Å². The van der Waals surface area contributed by atoms with Crippen LogP contribution in [-0.4, -0.2) is 47.3 Å². The van der Waals surface area contributed by atoms with Crippen LogP contribution in [0.5, 0.6) is 0 Å². The van der Waals surface area contributed by atoms with Gasteiger partial charge in [-0.25, -0.2) is 14.2 Å². The summed E-state index contributed by atoms with van der Waals surface area (Å²) in [6.45, 7) is 3.42. The van der Waals surface area contributed by atoms with Gasteiger partial charge in [0.05, 0.1) is 17.9 Å². The number of imide groups is 1. The Morgan fingerprint density at radius 1 is 1.36 bits per heavy atom. The lowest BCUT2D eigenvalue weighted by Crippen LogP contribution is -2.49. The molecule has 0 radical (unpaired) electrons. The third kappa shape index (κ3) is 2.76. The van der Waals surface area contributed by atoms with Crippen LogP contribution in [0.25, 0.3) is 11.0 Å². The number of anilines is 1. The fourth-order valence-corrected chi connectivity index (χ4v) is 3.61. The Kier molecular flexibility index (Phi) is 3.91. The van der Waals surface area contributed by atoms with Gasteiger partial charge in [-0.05, 0) is 31.5 Å². The summed E-state index contributed by atoms with van der Waals surface area (Å²) in [6, 6.07) is 1.22. The summed E-state index contributed by atoms with van der Waals surface area (Å²) in [5, 5.41) is 6.27. The molecule has 0 unspecified atom stereocenters. The number of nitrogens with zero attached hydrogens (tertiary/aromatic N) is 3. The molecule has 2 fully saturated rings. The number of pyridine rings is 1. The van der Waals surface area contributed by atoms with E-state index in [1.165, 1.54) is 4.90 Å². The van der Waals surface area contributed by atoms with Gasteiger partial charge in [-0.15, -0.1) is 0 Å². The maximum absolute atomic E-state index is 14.3. The van der Waals surface area contributed by atoms with E-state index in [4.69, 9.17) is 0 Å². The highest BCUT2D eigenvalue weighted by atomic mass is 19.1. The molecule has 25 heavy (non-hydrogen) atoms. The van der Waals surface area contributed by atoms with Gasteiger partial charge in [0.1, 0.15) is 11.8 Å². The molecule has 4 heterocycles. The Hall–Kier alpha value is -2.48. The lowest BCUT2D eigenvalue weighted by Gasteiger charge is -2.28. The first kappa shape index (κ1) is 16.0. The molecule has 2 atom stereocenters. The third-order valence-electron chi connectivity index (χ3n) is 4.95. The van der Waals surface area contributed by atoms with E-state index in [2.05, 4.69) is 15.6 Å². The smallest absolute Gasteiger partial charge is 0.326 e. The fraction of sp³-hybridized carbons (Fsp3) is 0.471. The molecule has 132 valence electrons. The first-order valence-corrected chi connectivity index (χ1v) is 8.48. The minimum absolute atomic E-state index is 0.230. The molecule has 2 N–H and O–H groups in total. The number of carbonyl (C=O) groups is 2. The number of amides is 3. The van der Waals surface area contributed by atoms with E-state index in [1.807, 2.05) is 23.8 Å². The molecule has 0 saturated carbocycles. The van der Waals surface area contributed by atoms with Gasteiger partial charge in [-0.1, -0.05) is 0 Å². The van der Waals surface area contributed by atoms with Crippen LogP contribution in [-0.2, 0) is 4.79 Å². The van der Waals surface area contributed by atoms with Gasteiger partial charge >= 0.3 is 6.03 Å². The van der Waals surface area contributed by atoms with Gasteiger partial charge in [-0.2, -0.15) is 0 Å². The van der Waals surface area contributed by atoms with Crippen LogP contribution in [0.2, 0.25) is 0 Å². The van der Waals surface area contributed by atoms with Crippen LogP contribution >= 0.6 is 0 Å². The second-order valence-corrected chi connectivity index (χ2v) is 6.62. The Morgan fingerprint density at radius 2 is 2.20 bits per heavy atom. The highest BCUT2D eigenvalue weighted by Gasteiger charge is 2.29. The number of nitrogens with one attached hydrogen (secondary N) is 2. The minimum Gasteiger partial charge on any atom is -0.326 e. The average molecular weight is 345 g/mol. The zero-order valence-electron chi connectivity index (χ0n) is 14.0. The highest BCUT2D eigenvalue weighted by molar-refractivity contribution is 6.06. The molecule has 3 amide bonds. The monoisotopic (exact) mass is 345 g/mol. The average Bonchev–Trinajstić information content (AvgIpc) is 2.92. The van der Waals surface area contributed by atoms with Crippen molar-refractivity contribution in [1.82, 2.24) is 20.2 Å². The Balaban J connectivity index is 1.71. The fourth-order valence-electron chi connectivity index (χ4n) is 3.61. The molecule has 8 heteroatoms. The summed E-state index contributed by atoms with van der Waals surface area (Å²) in [5.74, 6) is -0.266. The summed E-state index contributed by atoms with van der Waals surface area (Å²) in [4.78, 5) is 29.4. The van der Waals surface area contributed by atoms with Gasteiger partial charge in [-0.3, -0.25) is 15.0 Å². The minimum atomic E-state index is -0.955. The van der Waals surface area contributed by atoms with Gasteiger partial charge in [0.2, 0.25) is 5.91 Å². The van der Waals surface area contributed by atoms with Gasteiger partial charge in [0.15, 0.2) is 0 Å². The molecule has 0 spiro atoms. The number of aromatic nitrogens is 2. The number of urea groups is 1. The predicted octanol–water partition coefficient (Wildman–Crippen LogP) is 1.66. The van der Waals surface area contributed by atoms with Crippen molar-refractivity contribution in [2.45, 2.75) is 32.0 Å². The number of aryl methyl sites for hydroxylation is 1. The summed E-state index contributed by atoms with van der Waals surface area (Å²) in [6.07, 6.45) is 3.57. The molecule has 0 bridgehead atoms. The SMILES string of the molecule is Cc1cn([C@@H]2CCNC[C@H]2F)c2ncc(N3CCC(=O)NC3=O)cc12.